The van der Waals surface area contributed by atoms with E-state index in [0.29, 0.717) is 5.25 Å². The molecule has 1 aromatic heterocycles. The highest BCUT2D eigenvalue weighted by atomic mass is 32.2. The summed E-state index contributed by atoms with van der Waals surface area (Å²) in [6.07, 6.45) is 2.47. The number of likely N-dealkylation sites (N-methyl/N-ethyl adjacent to an activating group) is 1. The maximum Gasteiger partial charge on any atom is 0.0547 e. The lowest BCUT2D eigenvalue weighted by Crippen LogP contribution is -2.60. The van der Waals surface area contributed by atoms with Crippen LogP contribution in [0.5, 0.6) is 0 Å². The Morgan fingerprint density at radius 1 is 1.50 bits per heavy atom. The van der Waals surface area contributed by atoms with Crippen LogP contribution in [0.1, 0.15) is 38.1 Å². The molecule has 0 radical (unpaired) electrons. The van der Waals surface area contributed by atoms with E-state index in [4.69, 9.17) is 5.73 Å². The molecule has 2 rings (SSSR count). The van der Waals surface area contributed by atoms with Gasteiger partial charge >= 0.3 is 0 Å². The first-order chi connectivity index (χ1) is 9.62. The van der Waals surface area contributed by atoms with Gasteiger partial charge in [-0.25, -0.2) is 0 Å². The Balaban J connectivity index is 2.21. The Morgan fingerprint density at radius 2 is 2.30 bits per heavy atom. The van der Waals surface area contributed by atoms with Gasteiger partial charge in [0.25, 0.3) is 0 Å². The fourth-order valence-electron chi connectivity index (χ4n) is 3.28. The maximum absolute atomic E-state index is 6.21. The second-order valence-corrected chi connectivity index (χ2v) is 7.16. The van der Waals surface area contributed by atoms with Gasteiger partial charge in [0.05, 0.1) is 5.69 Å². The Hall–Kier alpha value is -0.580. The van der Waals surface area contributed by atoms with E-state index in [-0.39, 0.29) is 5.54 Å². The molecule has 1 aromatic rings. The zero-order chi connectivity index (χ0) is 14.6. The standard InChI is InChI=1S/C16H27N3S/c1-4-19(11-15-8-5-7-13(2)18-15)16(12-17)9-6-10-20-14(16)3/h5,7-8,14H,4,6,9-12,17H2,1-3H3. The summed E-state index contributed by atoms with van der Waals surface area (Å²) in [5.74, 6) is 1.27. The van der Waals surface area contributed by atoms with Crippen molar-refractivity contribution >= 4 is 11.8 Å². The molecule has 2 N–H and O–H groups in total. The van der Waals surface area contributed by atoms with Gasteiger partial charge in [-0.15, -0.1) is 0 Å². The fraction of sp³-hybridized carbons (Fsp3) is 0.688. The van der Waals surface area contributed by atoms with E-state index in [1.165, 1.54) is 18.6 Å². The van der Waals surface area contributed by atoms with Crippen LogP contribution in [0.3, 0.4) is 0 Å². The monoisotopic (exact) mass is 293 g/mol. The van der Waals surface area contributed by atoms with E-state index in [9.17, 15) is 0 Å². The van der Waals surface area contributed by atoms with Crippen molar-refractivity contribution in [3.63, 3.8) is 0 Å². The number of rotatable bonds is 5. The molecule has 2 unspecified atom stereocenters. The molecule has 1 fully saturated rings. The van der Waals surface area contributed by atoms with Crippen LogP contribution in [0.25, 0.3) is 0 Å². The van der Waals surface area contributed by atoms with E-state index in [1.54, 1.807) is 0 Å². The summed E-state index contributed by atoms with van der Waals surface area (Å²) in [5.41, 5.74) is 8.59. The fourth-order valence-corrected chi connectivity index (χ4v) is 4.61. The van der Waals surface area contributed by atoms with Gasteiger partial charge in [-0.3, -0.25) is 9.88 Å². The minimum Gasteiger partial charge on any atom is -0.329 e. The molecular weight excluding hydrogens is 266 g/mol. The Kier molecular flexibility index (Phi) is 5.47. The number of pyridine rings is 1. The minimum absolute atomic E-state index is 0.128. The molecule has 1 aliphatic heterocycles. The number of nitrogens with two attached hydrogens (primary N) is 1. The van der Waals surface area contributed by atoms with Gasteiger partial charge < -0.3 is 5.73 Å². The molecule has 20 heavy (non-hydrogen) atoms. The summed E-state index contributed by atoms with van der Waals surface area (Å²) >= 11 is 2.06. The number of nitrogens with zero attached hydrogens (tertiary/aromatic N) is 2. The van der Waals surface area contributed by atoms with Gasteiger partial charge in [0.2, 0.25) is 0 Å². The third kappa shape index (κ3) is 3.18. The molecule has 2 atom stereocenters. The SMILES string of the molecule is CCN(Cc1cccc(C)n1)C1(CN)CCCSC1C. The second-order valence-electron chi connectivity index (χ2n) is 5.71. The lowest BCUT2D eigenvalue weighted by molar-refractivity contribution is 0.0782. The van der Waals surface area contributed by atoms with Crippen LogP contribution < -0.4 is 5.73 Å². The van der Waals surface area contributed by atoms with Gasteiger partial charge in [-0.2, -0.15) is 11.8 Å². The zero-order valence-corrected chi connectivity index (χ0v) is 13.7. The number of aryl methyl sites for hydroxylation is 1. The highest BCUT2D eigenvalue weighted by Gasteiger charge is 2.42. The number of hydrogen-bond donors (Lipinski definition) is 1. The van der Waals surface area contributed by atoms with Crippen molar-refractivity contribution in [2.24, 2.45) is 5.73 Å². The van der Waals surface area contributed by atoms with Crippen molar-refractivity contribution < 1.29 is 0 Å². The van der Waals surface area contributed by atoms with Crippen molar-refractivity contribution in [3.8, 4) is 0 Å². The third-order valence-corrected chi connectivity index (χ3v) is 6.01. The summed E-state index contributed by atoms with van der Waals surface area (Å²) in [6, 6.07) is 6.28. The largest absolute Gasteiger partial charge is 0.329 e. The molecule has 0 amide bonds. The number of hydrogen-bond acceptors (Lipinski definition) is 4. The molecule has 0 saturated carbocycles. The Morgan fingerprint density at radius 3 is 2.90 bits per heavy atom. The van der Waals surface area contributed by atoms with Crippen molar-refractivity contribution in [2.75, 3.05) is 18.8 Å². The smallest absolute Gasteiger partial charge is 0.0547 e. The number of aromatic nitrogens is 1. The molecule has 112 valence electrons. The first-order valence-electron chi connectivity index (χ1n) is 7.61. The number of thioether (sulfide) groups is 1. The highest BCUT2D eigenvalue weighted by molar-refractivity contribution is 8.00. The summed E-state index contributed by atoms with van der Waals surface area (Å²) < 4.78 is 0. The maximum atomic E-state index is 6.21. The highest BCUT2D eigenvalue weighted by Crippen LogP contribution is 2.38. The normalized spacial score (nSPS) is 26.9. The summed E-state index contributed by atoms with van der Waals surface area (Å²) in [7, 11) is 0. The second kappa shape index (κ2) is 6.92. The molecule has 3 nitrogen and oxygen atoms in total. The predicted molar refractivity (Wildman–Crippen MR) is 88.0 cm³/mol. The quantitative estimate of drug-likeness (QED) is 0.906. The zero-order valence-electron chi connectivity index (χ0n) is 12.9. The summed E-state index contributed by atoms with van der Waals surface area (Å²) in [5, 5.41) is 0.589. The first-order valence-corrected chi connectivity index (χ1v) is 8.66. The van der Waals surface area contributed by atoms with E-state index < -0.39 is 0 Å². The molecule has 1 aliphatic rings. The Labute approximate surface area is 127 Å². The Bertz CT molecular complexity index is 437. The van der Waals surface area contributed by atoms with Crippen LogP contribution >= 0.6 is 11.8 Å². The molecular formula is C16H27N3S. The third-order valence-electron chi connectivity index (χ3n) is 4.54. The van der Waals surface area contributed by atoms with Crippen molar-refractivity contribution in [1.29, 1.82) is 0 Å². The van der Waals surface area contributed by atoms with Crippen LogP contribution in [-0.4, -0.2) is 39.5 Å². The van der Waals surface area contributed by atoms with E-state index in [1.807, 2.05) is 0 Å². The average Bonchev–Trinajstić information content (AvgIpc) is 2.46. The van der Waals surface area contributed by atoms with E-state index >= 15 is 0 Å². The van der Waals surface area contributed by atoms with E-state index in [2.05, 4.69) is 60.6 Å². The van der Waals surface area contributed by atoms with Gasteiger partial charge in [-0.05, 0) is 44.2 Å². The van der Waals surface area contributed by atoms with Gasteiger partial charge in [-0.1, -0.05) is 19.9 Å². The van der Waals surface area contributed by atoms with E-state index in [0.717, 1.165) is 31.0 Å². The molecule has 4 heteroatoms. The van der Waals surface area contributed by atoms with Crippen LogP contribution in [0, 0.1) is 6.92 Å². The average molecular weight is 293 g/mol. The topological polar surface area (TPSA) is 42.2 Å². The molecule has 0 bridgehead atoms. The summed E-state index contributed by atoms with van der Waals surface area (Å²) in [6.45, 7) is 9.29. The first kappa shape index (κ1) is 15.8. The summed E-state index contributed by atoms with van der Waals surface area (Å²) in [4.78, 5) is 7.20. The molecule has 0 aromatic carbocycles. The molecule has 0 aliphatic carbocycles. The lowest BCUT2D eigenvalue weighted by Gasteiger charge is -2.49. The van der Waals surface area contributed by atoms with Crippen LogP contribution in [0.15, 0.2) is 18.2 Å². The minimum atomic E-state index is 0.128. The van der Waals surface area contributed by atoms with Crippen molar-refractivity contribution in [1.82, 2.24) is 9.88 Å². The van der Waals surface area contributed by atoms with Crippen molar-refractivity contribution in [3.05, 3.63) is 29.6 Å². The van der Waals surface area contributed by atoms with Crippen LogP contribution in [-0.2, 0) is 6.54 Å². The van der Waals surface area contributed by atoms with Crippen LogP contribution in [0.2, 0.25) is 0 Å². The molecule has 2 heterocycles. The molecule has 0 spiro atoms. The molecule has 1 saturated heterocycles. The lowest BCUT2D eigenvalue weighted by atomic mass is 9.87. The van der Waals surface area contributed by atoms with Gasteiger partial charge in [0.1, 0.15) is 0 Å². The van der Waals surface area contributed by atoms with Gasteiger partial charge in [0.15, 0.2) is 0 Å². The van der Waals surface area contributed by atoms with Gasteiger partial charge in [0, 0.05) is 29.6 Å². The van der Waals surface area contributed by atoms with Crippen LogP contribution in [0.4, 0.5) is 0 Å². The van der Waals surface area contributed by atoms with Crippen molar-refractivity contribution in [2.45, 2.75) is 50.9 Å². The predicted octanol–water partition coefficient (Wildman–Crippen LogP) is 2.82.